The summed E-state index contributed by atoms with van der Waals surface area (Å²) in [6.07, 6.45) is 7.07. The summed E-state index contributed by atoms with van der Waals surface area (Å²) in [7, 11) is 1.97. The topological polar surface area (TPSA) is 12.0 Å². The molecule has 0 bridgehead atoms. The SMILES string of the molecule is C#CCCC(NC)c1ccc(C)cc1. The van der Waals surface area contributed by atoms with E-state index in [4.69, 9.17) is 6.42 Å². The molecular weight excluding hydrogens is 170 g/mol. The number of terminal acetylenes is 1. The summed E-state index contributed by atoms with van der Waals surface area (Å²) >= 11 is 0. The first-order valence-corrected chi connectivity index (χ1v) is 4.95. The van der Waals surface area contributed by atoms with E-state index in [9.17, 15) is 0 Å². The number of benzene rings is 1. The smallest absolute Gasteiger partial charge is 0.0326 e. The largest absolute Gasteiger partial charge is 0.313 e. The Morgan fingerprint density at radius 2 is 2.00 bits per heavy atom. The molecule has 1 nitrogen and oxygen atoms in total. The summed E-state index contributed by atoms with van der Waals surface area (Å²) < 4.78 is 0. The monoisotopic (exact) mass is 187 g/mol. The van der Waals surface area contributed by atoms with Crippen LogP contribution in [-0.2, 0) is 0 Å². The van der Waals surface area contributed by atoms with Gasteiger partial charge in [-0.2, -0.15) is 0 Å². The molecule has 1 aromatic carbocycles. The lowest BCUT2D eigenvalue weighted by molar-refractivity contribution is 0.558. The van der Waals surface area contributed by atoms with Crippen LogP contribution < -0.4 is 5.32 Å². The molecular formula is C13H17N. The molecule has 1 heteroatoms. The second-order valence-corrected chi connectivity index (χ2v) is 3.49. The van der Waals surface area contributed by atoms with E-state index in [0.29, 0.717) is 6.04 Å². The molecule has 0 heterocycles. The van der Waals surface area contributed by atoms with Gasteiger partial charge in [0.1, 0.15) is 0 Å². The Bertz CT molecular complexity index is 305. The second-order valence-electron chi connectivity index (χ2n) is 3.49. The van der Waals surface area contributed by atoms with E-state index >= 15 is 0 Å². The van der Waals surface area contributed by atoms with Crippen molar-refractivity contribution >= 4 is 0 Å². The molecule has 0 aliphatic heterocycles. The van der Waals surface area contributed by atoms with Crippen molar-refractivity contribution in [1.82, 2.24) is 5.32 Å². The van der Waals surface area contributed by atoms with E-state index < -0.39 is 0 Å². The second kappa shape index (κ2) is 5.47. The minimum atomic E-state index is 0.381. The highest BCUT2D eigenvalue weighted by atomic mass is 14.9. The van der Waals surface area contributed by atoms with Crippen molar-refractivity contribution in [2.24, 2.45) is 0 Å². The Labute approximate surface area is 86.5 Å². The van der Waals surface area contributed by atoms with E-state index in [1.165, 1.54) is 11.1 Å². The average Bonchev–Trinajstić information content (AvgIpc) is 2.21. The Morgan fingerprint density at radius 1 is 1.36 bits per heavy atom. The van der Waals surface area contributed by atoms with Crippen molar-refractivity contribution in [3.8, 4) is 12.3 Å². The third-order valence-electron chi connectivity index (χ3n) is 2.41. The van der Waals surface area contributed by atoms with E-state index in [0.717, 1.165) is 12.8 Å². The van der Waals surface area contributed by atoms with Gasteiger partial charge in [0, 0.05) is 12.5 Å². The van der Waals surface area contributed by atoms with Gasteiger partial charge in [-0.25, -0.2) is 0 Å². The van der Waals surface area contributed by atoms with Crippen LogP contribution in [0.15, 0.2) is 24.3 Å². The minimum Gasteiger partial charge on any atom is -0.313 e. The zero-order valence-electron chi connectivity index (χ0n) is 8.88. The standard InChI is InChI=1S/C13H17N/c1-4-5-6-13(14-3)12-9-7-11(2)8-10-12/h1,7-10,13-14H,5-6H2,2-3H3. The Balaban J connectivity index is 2.69. The van der Waals surface area contributed by atoms with Crippen molar-refractivity contribution in [3.05, 3.63) is 35.4 Å². The lowest BCUT2D eigenvalue weighted by Crippen LogP contribution is -2.15. The fraction of sp³-hybridized carbons (Fsp3) is 0.385. The van der Waals surface area contributed by atoms with Gasteiger partial charge in [0.2, 0.25) is 0 Å². The maximum absolute atomic E-state index is 5.26. The first kappa shape index (κ1) is 10.8. The zero-order valence-corrected chi connectivity index (χ0v) is 8.88. The maximum Gasteiger partial charge on any atom is 0.0326 e. The molecule has 0 amide bonds. The molecule has 1 aromatic rings. The molecule has 0 radical (unpaired) electrons. The molecule has 1 unspecified atom stereocenters. The van der Waals surface area contributed by atoms with Crippen LogP contribution in [0.25, 0.3) is 0 Å². The Morgan fingerprint density at radius 3 is 2.50 bits per heavy atom. The molecule has 0 spiro atoms. The van der Waals surface area contributed by atoms with Gasteiger partial charge < -0.3 is 5.32 Å². The summed E-state index contributed by atoms with van der Waals surface area (Å²) in [6.45, 7) is 2.10. The van der Waals surface area contributed by atoms with Crippen molar-refractivity contribution in [2.75, 3.05) is 7.05 Å². The van der Waals surface area contributed by atoms with Crippen molar-refractivity contribution in [1.29, 1.82) is 0 Å². The van der Waals surface area contributed by atoms with Gasteiger partial charge in [-0.1, -0.05) is 29.8 Å². The highest BCUT2D eigenvalue weighted by Gasteiger charge is 2.06. The quantitative estimate of drug-likeness (QED) is 0.715. The highest BCUT2D eigenvalue weighted by molar-refractivity contribution is 5.24. The fourth-order valence-electron chi connectivity index (χ4n) is 1.50. The third-order valence-corrected chi connectivity index (χ3v) is 2.41. The number of hydrogen-bond donors (Lipinski definition) is 1. The molecule has 1 atom stereocenters. The van der Waals surface area contributed by atoms with Crippen LogP contribution in [0.1, 0.15) is 30.0 Å². The molecule has 1 N–H and O–H groups in total. The Hall–Kier alpha value is -1.26. The molecule has 1 rings (SSSR count). The number of nitrogens with one attached hydrogen (secondary N) is 1. The van der Waals surface area contributed by atoms with E-state index in [2.05, 4.69) is 42.4 Å². The molecule has 0 saturated heterocycles. The van der Waals surface area contributed by atoms with Gasteiger partial charge in [-0.3, -0.25) is 0 Å². The Kier molecular flexibility index (Phi) is 4.22. The van der Waals surface area contributed by atoms with Crippen molar-refractivity contribution < 1.29 is 0 Å². The molecule has 0 fully saturated rings. The minimum absolute atomic E-state index is 0.381. The van der Waals surface area contributed by atoms with Gasteiger partial charge in [0.15, 0.2) is 0 Å². The maximum atomic E-state index is 5.26. The van der Waals surface area contributed by atoms with Crippen LogP contribution in [0.2, 0.25) is 0 Å². The van der Waals surface area contributed by atoms with Gasteiger partial charge >= 0.3 is 0 Å². The summed E-state index contributed by atoms with van der Waals surface area (Å²) in [5.41, 5.74) is 2.61. The zero-order chi connectivity index (χ0) is 10.4. The fourth-order valence-corrected chi connectivity index (χ4v) is 1.50. The summed E-state index contributed by atoms with van der Waals surface area (Å²) in [4.78, 5) is 0. The summed E-state index contributed by atoms with van der Waals surface area (Å²) in [5, 5.41) is 3.28. The van der Waals surface area contributed by atoms with Crippen LogP contribution in [-0.4, -0.2) is 7.05 Å². The number of hydrogen-bond acceptors (Lipinski definition) is 1. The molecule has 74 valence electrons. The number of aryl methyl sites for hydroxylation is 1. The van der Waals surface area contributed by atoms with Gasteiger partial charge in [-0.15, -0.1) is 12.3 Å². The molecule has 0 saturated carbocycles. The van der Waals surface area contributed by atoms with Gasteiger partial charge in [-0.05, 0) is 26.0 Å². The average molecular weight is 187 g/mol. The molecule has 14 heavy (non-hydrogen) atoms. The van der Waals surface area contributed by atoms with Crippen LogP contribution in [0.4, 0.5) is 0 Å². The highest BCUT2D eigenvalue weighted by Crippen LogP contribution is 2.17. The first-order chi connectivity index (χ1) is 6.77. The van der Waals surface area contributed by atoms with E-state index in [-0.39, 0.29) is 0 Å². The third kappa shape index (κ3) is 2.90. The first-order valence-electron chi connectivity index (χ1n) is 4.95. The normalized spacial score (nSPS) is 12.1. The molecule has 0 aliphatic carbocycles. The predicted molar refractivity (Wildman–Crippen MR) is 61.0 cm³/mol. The van der Waals surface area contributed by atoms with Crippen LogP contribution in [0, 0.1) is 19.3 Å². The van der Waals surface area contributed by atoms with Crippen molar-refractivity contribution in [3.63, 3.8) is 0 Å². The van der Waals surface area contributed by atoms with Gasteiger partial charge in [0.05, 0.1) is 0 Å². The van der Waals surface area contributed by atoms with Crippen LogP contribution >= 0.6 is 0 Å². The van der Waals surface area contributed by atoms with Crippen LogP contribution in [0.5, 0.6) is 0 Å². The van der Waals surface area contributed by atoms with E-state index in [1.807, 2.05) is 7.05 Å². The van der Waals surface area contributed by atoms with Crippen molar-refractivity contribution in [2.45, 2.75) is 25.8 Å². The number of rotatable bonds is 4. The predicted octanol–water partition coefficient (Wildman–Crippen LogP) is 2.67. The summed E-state index contributed by atoms with van der Waals surface area (Å²) in [6, 6.07) is 8.97. The lowest BCUT2D eigenvalue weighted by atomic mass is 10.0. The molecule has 0 aromatic heterocycles. The van der Waals surface area contributed by atoms with E-state index in [1.54, 1.807) is 0 Å². The van der Waals surface area contributed by atoms with Crippen LogP contribution in [0.3, 0.4) is 0 Å². The lowest BCUT2D eigenvalue weighted by Gasteiger charge is -2.15. The van der Waals surface area contributed by atoms with Gasteiger partial charge in [0.25, 0.3) is 0 Å². The molecule has 0 aliphatic rings. The summed E-state index contributed by atoms with van der Waals surface area (Å²) in [5.74, 6) is 2.67.